The van der Waals surface area contributed by atoms with Crippen LogP contribution in [0, 0.1) is 5.92 Å². The van der Waals surface area contributed by atoms with Gasteiger partial charge in [-0.05, 0) is 57.9 Å². The molecule has 0 radical (unpaired) electrons. The summed E-state index contributed by atoms with van der Waals surface area (Å²) in [4.78, 5) is 0. The molecule has 2 N–H and O–H groups in total. The van der Waals surface area contributed by atoms with Gasteiger partial charge in [-0.1, -0.05) is 0 Å². The SMILES string of the molecule is CC(O)(CCC1CCCO1)C1CCCNC1. The number of piperidine rings is 1. The average molecular weight is 227 g/mol. The highest BCUT2D eigenvalue weighted by atomic mass is 16.5. The summed E-state index contributed by atoms with van der Waals surface area (Å²) in [5.74, 6) is 0.419. The van der Waals surface area contributed by atoms with E-state index in [2.05, 4.69) is 5.32 Å². The predicted octanol–water partition coefficient (Wildman–Crippen LogP) is 1.70. The Morgan fingerprint density at radius 1 is 1.38 bits per heavy atom. The Morgan fingerprint density at radius 3 is 2.88 bits per heavy atom. The van der Waals surface area contributed by atoms with E-state index in [4.69, 9.17) is 4.74 Å². The number of rotatable bonds is 4. The zero-order valence-electron chi connectivity index (χ0n) is 10.4. The molecule has 2 fully saturated rings. The Morgan fingerprint density at radius 2 is 2.25 bits per heavy atom. The monoisotopic (exact) mass is 227 g/mol. The number of nitrogens with one attached hydrogen (secondary N) is 1. The van der Waals surface area contributed by atoms with Crippen LogP contribution in [0.2, 0.25) is 0 Å². The molecular weight excluding hydrogens is 202 g/mol. The van der Waals surface area contributed by atoms with E-state index in [1.807, 2.05) is 6.92 Å². The van der Waals surface area contributed by atoms with Crippen LogP contribution in [0.1, 0.15) is 45.4 Å². The Kier molecular flexibility index (Phi) is 4.22. The van der Waals surface area contributed by atoms with E-state index in [1.165, 1.54) is 19.3 Å². The molecule has 0 spiro atoms. The second kappa shape index (κ2) is 5.48. The van der Waals surface area contributed by atoms with E-state index < -0.39 is 5.60 Å². The summed E-state index contributed by atoms with van der Waals surface area (Å²) in [6.07, 6.45) is 7.03. The van der Waals surface area contributed by atoms with Gasteiger partial charge in [0, 0.05) is 13.2 Å². The van der Waals surface area contributed by atoms with Crippen molar-refractivity contribution in [1.29, 1.82) is 0 Å². The van der Waals surface area contributed by atoms with Gasteiger partial charge in [0.2, 0.25) is 0 Å². The summed E-state index contributed by atoms with van der Waals surface area (Å²) in [5, 5.41) is 13.9. The summed E-state index contributed by atoms with van der Waals surface area (Å²) < 4.78 is 5.61. The molecule has 0 amide bonds. The maximum atomic E-state index is 10.5. The molecule has 16 heavy (non-hydrogen) atoms. The zero-order chi connectivity index (χ0) is 11.4. The largest absolute Gasteiger partial charge is 0.390 e. The third-order valence-electron chi connectivity index (χ3n) is 4.17. The fourth-order valence-electron chi connectivity index (χ4n) is 2.91. The van der Waals surface area contributed by atoms with Crippen LogP contribution in [-0.2, 0) is 4.74 Å². The molecule has 3 atom stereocenters. The van der Waals surface area contributed by atoms with Gasteiger partial charge in [0.05, 0.1) is 11.7 Å². The van der Waals surface area contributed by atoms with Crippen molar-refractivity contribution in [2.75, 3.05) is 19.7 Å². The Bertz CT molecular complexity index is 206. The molecule has 0 saturated carbocycles. The van der Waals surface area contributed by atoms with E-state index in [9.17, 15) is 5.11 Å². The van der Waals surface area contributed by atoms with Crippen LogP contribution >= 0.6 is 0 Å². The van der Waals surface area contributed by atoms with Crippen molar-refractivity contribution in [1.82, 2.24) is 5.32 Å². The van der Waals surface area contributed by atoms with Crippen LogP contribution in [-0.4, -0.2) is 36.5 Å². The fourth-order valence-corrected chi connectivity index (χ4v) is 2.91. The molecule has 3 nitrogen and oxygen atoms in total. The van der Waals surface area contributed by atoms with Crippen LogP contribution in [0.5, 0.6) is 0 Å². The molecule has 2 heterocycles. The van der Waals surface area contributed by atoms with E-state index in [-0.39, 0.29) is 0 Å². The van der Waals surface area contributed by atoms with Gasteiger partial charge in [0.1, 0.15) is 0 Å². The molecule has 0 aromatic heterocycles. The second-order valence-electron chi connectivity index (χ2n) is 5.57. The zero-order valence-corrected chi connectivity index (χ0v) is 10.4. The third kappa shape index (κ3) is 3.19. The lowest BCUT2D eigenvalue weighted by molar-refractivity contribution is -0.0303. The smallest absolute Gasteiger partial charge is 0.0660 e. The molecule has 94 valence electrons. The third-order valence-corrected chi connectivity index (χ3v) is 4.17. The van der Waals surface area contributed by atoms with Crippen LogP contribution < -0.4 is 5.32 Å². The van der Waals surface area contributed by atoms with Crippen molar-refractivity contribution in [2.45, 2.75) is 57.2 Å². The highest BCUT2D eigenvalue weighted by molar-refractivity contribution is 4.87. The van der Waals surface area contributed by atoms with Crippen LogP contribution in [0.15, 0.2) is 0 Å². The van der Waals surface area contributed by atoms with E-state index in [1.54, 1.807) is 0 Å². The molecule has 2 aliphatic heterocycles. The summed E-state index contributed by atoms with van der Waals surface area (Å²) >= 11 is 0. The van der Waals surface area contributed by atoms with Gasteiger partial charge in [-0.15, -0.1) is 0 Å². The number of aliphatic hydroxyl groups is 1. The first kappa shape index (κ1) is 12.3. The maximum absolute atomic E-state index is 10.5. The normalized spacial score (nSPS) is 34.9. The molecule has 2 rings (SSSR count). The van der Waals surface area contributed by atoms with E-state index in [0.29, 0.717) is 12.0 Å². The minimum absolute atomic E-state index is 0.406. The van der Waals surface area contributed by atoms with Gasteiger partial charge in [-0.2, -0.15) is 0 Å². The highest BCUT2D eigenvalue weighted by Crippen LogP contribution is 2.30. The highest BCUT2D eigenvalue weighted by Gasteiger charge is 2.33. The average Bonchev–Trinajstić information content (AvgIpc) is 2.81. The van der Waals surface area contributed by atoms with Crippen molar-refractivity contribution in [3.05, 3.63) is 0 Å². The quantitative estimate of drug-likeness (QED) is 0.768. The van der Waals surface area contributed by atoms with Crippen molar-refractivity contribution in [3.8, 4) is 0 Å². The molecule has 0 aliphatic carbocycles. The lowest BCUT2D eigenvalue weighted by atomic mass is 9.80. The summed E-state index contributed by atoms with van der Waals surface area (Å²) in [6, 6.07) is 0. The standard InChI is InChI=1S/C13H25NO2/c1-13(15,11-4-2-8-14-10-11)7-6-12-5-3-9-16-12/h11-12,14-15H,2-10H2,1H3. The maximum Gasteiger partial charge on any atom is 0.0660 e. The second-order valence-corrected chi connectivity index (χ2v) is 5.57. The number of hydrogen-bond acceptors (Lipinski definition) is 3. The molecule has 3 heteroatoms. The first-order valence-corrected chi connectivity index (χ1v) is 6.73. The van der Waals surface area contributed by atoms with E-state index >= 15 is 0 Å². The first-order chi connectivity index (χ1) is 7.68. The molecule has 2 saturated heterocycles. The van der Waals surface area contributed by atoms with Crippen molar-refractivity contribution in [3.63, 3.8) is 0 Å². The van der Waals surface area contributed by atoms with Gasteiger partial charge in [0.25, 0.3) is 0 Å². The lowest BCUT2D eigenvalue weighted by Crippen LogP contribution is -2.44. The fraction of sp³-hybridized carbons (Fsp3) is 1.00. The molecule has 3 unspecified atom stereocenters. The summed E-state index contributed by atoms with van der Waals surface area (Å²) in [5.41, 5.74) is -0.515. The van der Waals surface area contributed by atoms with E-state index in [0.717, 1.165) is 39.0 Å². The summed E-state index contributed by atoms with van der Waals surface area (Å²) in [6.45, 7) is 4.99. The summed E-state index contributed by atoms with van der Waals surface area (Å²) in [7, 11) is 0. The minimum Gasteiger partial charge on any atom is -0.390 e. The molecule has 0 aromatic carbocycles. The van der Waals surface area contributed by atoms with Crippen molar-refractivity contribution < 1.29 is 9.84 Å². The first-order valence-electron chi connectivity index (χ1n) is 6.73. The van der Waals surface area contributed by atoms with Crippen LogP contribution in [0.4, 0.5) is 0 Å². The van der Waals surface area contributed by atoms with Gasteiger partial charge >= 0.3 is 0 Å². The topological polar surface area (TPSA) is 41.5 Å². The Labute approximate surface area is 98.6 Å². The van der Waals surface area contributed by atoms with Crippen molar-refractivity contribution in [2.24, 2.45) is 5.92 Å². The van der Waals surface area contributed by atoms with Gasteiger partial charge in [-0.25, -0.2) is 0 Å². The van der Waals surface area contributed by atoms with Crippen LogP contribution in [0.3, 0.4) is 0 Å². The minimum atomic E-state index is -0.515. The lowest BCUT2D eigenvalue weighted by Gasteiger charge is -2.36. The molecule has 0 bridgehead atoms. The van der Waals surface area contributed by atoms with Gasteiger partial charge in [-0.3, -0.25) is 0 Å². The molecular formula is C13H25NO2. The number of ether oxygens (including phenoxy) is 1. The Balaban J connectivity index is 1.76. The number of hydrogen-bond donors (Lipinski definition) is 2. The van der Waals surface area contributed by atoms with Crippen molar-refractivity contribution >= 4 is 0 Å². The predicted molar refractivity (Wildman–Crippen MR) is 64.4 cm³/mol. The van der Waals surface area contributed by atoms with Gasteiger partial charge < -0.3 is 15.2 Å². The molecule has 2 aliphatic rings. The Hall–Kier alpha value is -0.120. The van der Waals surface area contributed by atoms with Crippen LogP contribution in [0.25, 0.3) is 0 Å². The van der Waals surface area contributed by atoms with Gasteiger partial charge in [0.15, 0.2) is 0 Å². The molecule has 0 aromatic rings.